The van der Waals surface area contributed by atoms with E-state index in [9.17, 15) is 0 Å². The highest BCUT2D eigenvalue weighted by Gasteiger charge is 2.09. The molecule has 2 aromatic heterocycles. The van der Waals surface area contributed by atoms with Crippen LogP contribution in [0.2, 0.25) is 0 Å². The van der Waals surface area contributed by atoms with E-state index in [0.29, 0.717) is 6.04 Å². The number of pyridine rings is 1. The van der Waals surface area contributed by atoms with Crippen LogP contribution < -0.4 is 5.32 Å². The number of nitrogens with one attached hydrogen (secondary N) is 1. The zero-order valence-corrected chi connectivity index (χ0v) is 11.6. The summed E-state index contributed by atoms with van der Waals surface area (Å²) in [4.78, 5) is 5.56. The second-order valence-corrected chi connectivity index (χ2v) is 5.04. The van der Waals surface area contributed by atoms with Gasteiger partial charge in [-0.25, -0.2) is 0 Å². The molecule has 0 saturated carbocycles. The van der Waals surface area contributed by atoms with Crippen molar-refractivity contribution >= 4 is 11.8 Å². The zero-order chi connectivity index (χ0) is 13.0. The van der Waals surface area contributed by atoms with Gasteiger partial charge < -0.3 is 9.88 Å². The maximum atomic E-state index is 4.49. The van der Waals surface area contributed by atoms with Gasteiger partial charge in [0.15, 0.2) is 5.16 Å². The molecule has 0 amide bonds. The zero-order valence-electron chi connectivity index (χ0n) is 10.8. The van der Waals surface area contributed by atoms with Gasteiger partial charge in [-0.3, -0.25) is 4.98 Å². The maximum absolute atomic E-state index is 4.49. The molecular weight excluding hydrogens is 246 g/mol. The molecule has 6 heteroatoms. The third-order valence-corrected chi connectivity index (χ3v) is 3.78. The predicted molar refractivity (Wildman–Crippen MR) is 71.5 cm³/mol. The highest BCUT2D eigenvalue weighted by molar-refractivity contribution is 7.99. The normalized spacial score (nSPS) is 12.6. The van der Waals surface area contributed by atoms with E-state index in [1.165, 1.54) is 0 Å². The van der Waals surface area contributed by atoms with E-state index < -0.39 is 0 Å². The lowest BCUT2D eigenvalue weighted by Crippen LogP contribution is -2.16. The van der Waals surface area contributed by atoms with E-state index in [1.807, 2.05) is 24.9 Å². The van der Waals surface area contributed by atoms with Gasteiger partial charge in [0.25, 0.3) is 0 Å². The van der Waals surface area contributed by atoms with Crippen molar-refractivity contribution in [2.24, 2.45) is 7.05 Å². The van der Waals surface area contributed by atoms with Gasteiger partial charge in [-0.05, 0) is 37.4 Å². The number of hydrogen-bond acceptors (Lipinski definition) is 5. The largest absolute Gasteiger partial charge is 0.312 e. The first-order chi connectivity index (χ1) is 8.74. The Kier molecular flexibility index (Phi) is 4.33. The molecule has 0 aromatic carbocycles. The number of hydrogen-bond donors (Lipinski definition) is 1. The number of nitrogens with zero attached hydrogens (tertiary/aromatic N) is 4. The third-order valence-electron chi connectivity index (χ3n) is 2.75. The molecule has 2 aromatic rings. The van der Waals surface area contributed by atoms with Crippen LogP contribution in [0.25, 0.3) is 0 Å². The summed E-state index contributed by atoms with van der Waals surface area (Å²) >= 11 is 1.56. The van der Waals surface area contributed by atoms with Crippen molar-refractivity contribution < 1.29 is 0 Å². The summed E-state index contributed by atoms with van der Waals surface area (Å²) in [7, 11) is 3.89. The molecule has 1 N–H and O–H groups in total. The lowest BCUT2D eigenvalue weighted by Gasteiger charge is -2.13. The molecule has 0 saturated heterocycles. The van der Waals surface area contributed by atoms with Gasteiger partial charge in [0.2, 0.25) is 0 Å². The van der Waals surface area contributed by atoms with Crippen LogP contribution in [0.5, 0.6) is 0 Å². The van der Waals surface area contributed by atoms with Crippen LogP contribution in [0.4, 0.5) is 0 Å². The van der Waals surface area contributed by atoms with Crippen LogP contribution >= 0.6 is 11.8 Å². The smallest absolute Gasteiger partial charge is 0.195 e. The minimum absolute atomic E-state index is 0.318. The van der Waals surface area contributed by atoms with Crippen molar-refractivity contribution in [3.63, 3.8) is 0 Å². The number of rotatable bonds is 5. The van der Waals surface area contributed by atoms with Gasteiger partial charge in [-0.2, -0.15) is 0 Å². The molecule has 0 aliphatic heterocycles. The van der Waals surface area contributed by atoms with E-state index in [-0.39, 0.29) is 0 Å². The molecule has 0 fully saturated rings. The standard InChI is InChI=1S/C12H17N5S/c1-4-10(13-2)11-6-5-9(7-14-11)18-12-16-15-8-17(12)3/h5-8,10,13H,4H2,1-3H3. The summed E-state index contributed by atoms with van der Waals surface area (Å²) in [5.74, 6) is 0. The second kappa shape index (κ2) is 5.97. The Labute approximate surface area is 111 Å². The Hall–Kier alpha value is -1.40. The first-order valence-electron chi connectivity index (χ1n) is 5.89. The van der Waals surface area contributed by atoms with E-state index in [1.54, 1.807) is 18.1 Å². The van der Waals surface area contributed by atoms with Gasteiger partial charge in [0.1, 0.15) is 6.33 Å². The van der Waals surface area contributed by atoms with Crippen molar-refractivity contribution in [1.29, 1.82) is 0 Å². The quantitative estimate of drug-likeness (QED) is 0.894. The topological polar surface area (TPSA) is 55.6 Å². The Balaban J connectivity index is 2.10. The van der Waals surface area contributed by atoms with Crippen LogP contribution in [0.1, 0.15) is 25.1 Å². The number of aryl methyl sites for hydroxylation is 1. The Bertz CT molecular complexity index is 489. The lowest BCUT2D eigenvalue weighted by atomic mass is 10.1. The molecule has 5 nitrogen and oxygen atoms in total. The average Bonchev–Trinajstić information content (AvgIpc) is 2.79. The van der Waals surface area contributed by atoms with Crippen molar-refractivity contribution in [1.82, 2.24) is 25.1 Å². The SMILES string of the molecule is CCC(NC)c1ccc(Sc2nncn2C)cn1. The summed E-state index contributed by atoms with van der Waals surface area (Å²) in [6.45, 7) is 2.14. The average molecular weight is 263 g/mol. The molecule has 0 aliphatic carbocycles. The minimum Gasteiger partial charge on any atom is -0.312 e. The Morgan fingerprint density at radius 3 is 2.78 bits per heavy atom. The highest BCUT2D eigenvalue weighted by atomic mass is 32.2. The summed E-state index contributed by atoms with van der Waals surface area (Å²) in [5.41, 5.74) is 1.07. The lowest BCUT2D eigenvalue weighted by molar-refractivity contribution is 0.561. The summed E-state index contributed by atoms with van der Waals surface area (Å²) in [6.07, 6.45) is 4.60. The first kappa shape index (κ1) is 13.0. The third kappa shape index (κ3) is 2.88. The molecule has 0 aliphatic rings. The molecule has 0 bridgehead atoms. The molecule has 0 spiro atoms. The minimum atomic E-state index is 0.318. The van der Waals surface area contributed by atoms with Crippen LogP contribution in [-0.4, -0.2) is 26.8 Å². The van der Waals surface area contributed by atoms with Crippen molar-refractivity contribution in [3.8, 4) is 0 Å². The Morgan fingerprint density at radius 2 is 2.28 bits per heavy atom. The molecule has 1 atom stereocenters. The maximum Gasteiger partial charge on any atom is 0.195 e. The van der Waals surface area contributed by atoms with Crippen LogP contribution in [-0.2, 0) is 7.05 Å². The molecule has 96 valence electrons. The van der Waals surface area contributed by atoms with Gasteiger partial charge in [-0.15, -0.1) is 10.2 Å². The van der Waals surface area contributed by atoms with Crippen LogP contribution in [0.3, 0.4) is 0 Å². The van der Waals surface area contributed by atoms with Crippen molar-refractivity contribution in [3.05, 3.63) is 30.4 Å². The van der Waals surface area contributed by atoms with Gasteiger partial charge in [0, 0.05) is 24.2 Å². The van der Waals surface area contributed by atoms with E-state index in [2.05, 4.69) is 39.6 Å². The number of aromatic nitrogens is 4. The summed E-state index contributed by atoms with van der Waals surface area (Å²) < 4.78 is 1.89. The van der Waals surface area contributed by atoms with Gasteiger partial charge in [0.05, 0.1) is 5.69 Å². The molecule has 18 heavy (non-hydrogen) atoms. The summed E-state index contributed by atoms with van der Waals surface area (Å²) in [5, 5.41) is 12.0. The van der Waals surface area contributed by atoms with E-state index in [0.717, 1.165) is 22.2 Å². The fraction of sp³-hybridized carbons (Fsp3) is 0.417. The van der Waals surface area contributed by atoms with Gasteiger partial charge >= 0.3 is 0 Å². The Morgan fingerprint density at radius 1 is 1.44 bits per heavy atom. The fourth-order valence-electron chi connectivity index (χ4n) is 1.69. The van der Waals surface area contributed by atoms with Crippen molar-refractivity contribution in [2.45, 2.75) is 29.4 Å². The highest BCUT2D eigenvalue weighted by Crippen LogP contribution is 2.25. The molecular formula is C12H17N5S. The van der Waals surface area contributed by atoms with Crippen LogP contribution in [0.15, 0.2) is 34.7 Å². The fourth-order valence-corrected chi connectivity index (χ4v) is 2.42. The van der Waals surface area contributed by atoms with E-state index in [4.69, 9.17) is 0 Å². The van der Waals surface area contributed by atoms with Gasteiger partial charge in [-0.1, -0.05) is 6.92 Å². The monoisotopic (exact) mass is 263 g/mol. The molecule has 1 unspecified atom stereocenters. The van der Waals surface area contributed by atoms with E-state index >= 15 is 0 Å². The molecule has 0 radical (unpaired) electrons. The second-order valence-electron chi connectivity index (χ2n) is 3.99. The van der Waals surface area contributed by atoms with Crippen LogP contribution in [0, 0.1) is 0 Å². The predicted octanol–water partition coefficient (Wildman–Crippen LogP) is 2.03. The summed E-state index contributed by atoms with van der Waals surface area (Å²) in [6, 6.07) is 4.45. The first-order valence-corrected chi connectivity index (χ1v) is 6.71. The molecule has 2 heterocycles. The molecule has 2 rings (SSSR count). The van der Waals surface area contributed by atoms with Crippen molar-refractivity contribution in [2.75, 3.05) is 7.05 Å².